The monoisotopic (exact) mass is 367 g/mol. The fourth-order valence-corrected chi connectivity index (χ4v) is 2.52. The van der Waals surface area contributed by atoms with Crippen molar-refractivity contribution in [2.45, 2.75) is 64.9 Å². The van der Waals surface area contributed by atoms with Gasteiger partial charge in [0.05, 0.1) is 30.2 Å². The van der Waals surface area contributed by atoms with Crippen LogP contribution in [0.3, 0.4) is 0 Å². The Morgan fingerprint density at radius 2 is 2.12 bits per heavy atom. The van der Waals surface area contributed by atoms with Crippen LogP contribution in [0.1, 0.15) is 46.2 Å². The van der Waals surface area contributed by atoms with E-state index in [4.69, 9.17) is 9.47 Å². The number of nitrogens with one attached hydrogen (secondary N) is 1. The van der Waals surface area contributed by atoms with Crippen molar-refractivity contribution in [1.82, 2.24) is 9.88 Å². The van der Waals surface area contributed by atoms with Gasteiger partial charge >= 0.3 is 6.09 Å². The first-order chi connectivity index (χ1) is 12.0. The Balaban J connectivity index is 2.02. The fourth-order valence-electron chi connectivity index (χ4n) is 2.52. The van der Waals surface area contributed by atoms with Crippen molar-refractivity contribution in [3.8, 4) is 0 Å². The number of anilines is 1. The Labute approximate surface area is 152 Å². The van der Waals surface area contributed by atoms with Crippen LogP contribution in [0.25, 0.3) is 0 Å². The molecule has 0 spiro atoms. The summed E-state index contributed by atoms with van der Waals surface area (Å²) in [5.74, 6) is -1.03. The quantitative estimate of drug-likeness (QED) is 0.884. The number of carbonyl (C=O) groups excluding carboxylic acids is 2. The number of ether oxygens (including phenoxy) is 2. The zero-order chi connectivity index (χ0) is 19.5. The first-order valence-electron chi connectivity index (χ1n) is 8.60. The fraction of sp³-hybridized carbons (Fsp3) is 0.611. The molecule has 26 heavy (non-hydrogen) atoms. The summed E-state index contributed by atoms with van der Waals surface area (Å²) in [5, 5.41) is 2.54. The van der Waals surface area contributed by atoms with Crippen LogP contribution in [0.15, 0.2) is 12.3 Å². The smallest absolute Gasteiger partial charge is 0.410 e. The lowest BCUT2D eigenvalue weighted by Crippen LogP contribution is -2.34. The van der Waals surface area contributed by atoms with Crippen molar-refractivity contribution in [2.75, 3.05) is 12.4 Å². The number of pyridine rings is 1. The van der Waals surface area contributed by atoms with Gasteiger partial charge in [-0.25, -0.2) is 9.18 Å². The average Bonchev–Trinajstić information content (AvgIpc) is 2.95. The lowest BCUT2D eigenvalue weighted by atomic mass is 10.2. The standard InChI is InChI=1S/C18H26FN3O4/c1-11-6-7-15(25-11)16(23)21-14-8-12(20-9-13(14)19)10-22(5)17(24)26-18(2,3)4/h8-9,11,15H,6-7,10H2,1-5H3,(H,20,21,23)/t11-,15-/m1/s1. The van der Waals surface area contributed by atoms with Crippen LogP contribution in [-0.4, -0.2) is 46.7 Å². The van der Waals surface area contributed by atoms with Crippen LogP contribution in [0.4, 0.5) is 14.9 Å². The van der Waals surface area contributed by atoms with Crippen LogP contribution in [-0.2, 0) is 20.8 Å². The normalized spacial score (nSPS) is 19.9. The van der Waals surface area contributed by atoms with Gasteiger partial charge in [-0.15, -0.1) is 0 Å². The summed E-state index contributed by atoms with van der Waals surface area (Å²) in [5.41, 5.74) is -0.171. The zero-order valence-electron chi connectivity index (χ0n) is 15.8. The van der Waals surface area contributed by atoms with Crippen LogP contribution in [0.2, 0.25) is 0 Å². The van der Waals surface area contributed by atoms with Gasteiger partial charge < -0.3 is 19.7 Å². The third-order valence-corrected chi connectivity index (χ3v) is 3.80. The van der Waals surface area contributed by atoms with Gasteiger partial charge in [0.25, 0.3) is 5.91 Å². The number of amides is 2. The SMILES string of the molecule is C[C@@H]1CC[C@H](C(=O)Nc2cc(CN(C)C(=O)OC(C)(C)C)ncc2F)O1. The molecule has 0 aliphatic carbocycles. The van der Waals surface area contributed by atoms with Gasteiger partial charge in [0.15, 0.2) is 5.82 Å². The highest BCUT2D eigenvalue weighted by atomic mass is 19.1. The lowest BCUT2D eigenvalue weighted by molar-refractivity contribution is -0.126. The molecule has 1 aromatic heterocycles. The molecule has 0 aromatic carbocycles. The van der Waals surface area contributed by atoms with Crippen molar-refractivity contribution < 1.29 is 23.5 Å². The highest BCUT2D eigenvalue weighted by Gasteiger charge is 2.28. The molecule has 7 nitrogen and oxygen atoms in total. The Hall–Kier alpha value is -2.22. The molecule has 1 aliphatic heterocycles. The second-order valence-corrected chi connectivity index (χ2v) is 7.49. The molecule has 1 aliphatic rings. The molecule has 2 atom stereocenters. The van der Waals surface area contributed by atoms with Crippen molar-refractivity contribution >= 4 is 17.7 Å². The molecule has 144 valence electrons. The number of hydrogen-bond donors (Lipinski definition) is 1. The Morgan fingerprint density at radius 3 is 2.69 bits per heavy atom. The summed E-state index contributed by atoms with van der Waals surface area (Å²) in [4.78, 5) is 29.5. The molecule has 1 N–H and O–H groups in total. The highest BCUT2D eigenvalue weighted by Crippen LogP contribution is 2.22. The van der Waals surface area contributed by atoms with Gasteiger partial charge in [-0.3, -0.25) is 9.78 Å². The maximum absolute atomic E-state index is 14.0. The Bertz CT molecular complexity index is 675. The number of rotatable bonds is 4. The minimum Gasteiger partial charge on any atom is -0.444 e. The molecule has 0 bridgehead atoms. The van der Waals surface area contributed by atoms with E-state index in [2.05, 4.69) is 10.3 Å². The number of aromatic nitrogens is 1. The van der Waals surface area contributed by atoms with Gasteiger partial charge in [0.1, 0.15) is 11.7 Å². The van der Waals surface area contributed by atoms with Crippen LogP contribution in [0, 0.1) is 5.82 Å². The van der Waals surface area contributed by atoms with E-state index in [0.29, 0.717) is 12.1 Å². The predicted octanol–water partition coefficient (Wildman–Crippen LogP) is 3.09. The third kappa shape index (κ3) is 5.66. The van der Waals surface area contributed by atoms with Gasteiger partial charge in [0, 0.05) is 7.05 Å². The second-order valence-electron chi connectivity index (χ2n) is 7.49. The van der Waals surface area contributed by atoms with E-state index in [0.717, 1.165) is 12.6 Å². The molecule has 1 aromatic rings. The first kappa shape index (κ1) is 20.1. The summed E-state index contributed by atoms with van der Waals surface area (Å²) in [6.45, 7) is 7.33. The molecule has 0 unspecified atom stereocenters. The zero-order valence-corrected chi connectivity index (χ0v) is 15.8. The van der Waals surface area contributed by atoms with Gasteiger partial charge in [-0.1, -0.05) is 0 Å². The number of hydrogen-bond acceptors (Lipinski definition) is 5. The molecule has 2 amide bonds. The number of nitrogens with zero attached hydrogens (tertiary/aromatic N) is 2. The third-order valence-electron chi connectivity index (χ3n) is 3.80. The van der Waals surface area contributed by atoms with Gasteiger partial charge in [-0.05, 0) is 46.6 Å². The van der Waals surface area contributed by atoms with Crippen molar-refractivity contribution in [3.63, 3.8) is 0 Å². The average molecular weight is 367 g/mol. The van der Waals surface area contributed by atoms with Gasteiger partial charge in [0.2, 0.25) is 0 Å². The molecule has 0 saturated carbocycles. The summed E-state index contributed by atoms with van der Waals surface area (Å²) < 4.78 is 24.7. The molecule has 8 heteroatoms. The summed E-state index contributed by atoms with van der Waals surface area (Å²) in [7, 11) is 1.56. The van der Waals surface area contributed by atoms with E-state index < -0.39 is 23.6 Å². The van der Waals surface area contributed by atoms with E-state index in [1.807, 2.05) is 6.92 Å². The van der Waals surface area contributed by atoms with Crippen LogP contribution in [0.5, 0.6) is 0 Å². The number of halogens is 1. The minimum atomic E-state index is -0.645. The first-order valence-corrected chi connectivity index (χ1v) is 8.60. The molecule has 2 heterocycles. The van der Waals surface area contributed by atoms with Crippen LogP contribution < -0.4 is 5.32 Å². The second kappa shape index (κ2) is 7.99. The minimum absolute atomic E-state index is 0.0146. The van der Waals surface area contributed by atoms with Crippen molar-refractivity contribution in [2.24, 2.45) is 0 Å². The van der Waals surface area contributed by atoms with Crippen molar-refractivity contribution in [1.29, 1.82) is 0 Å². The van der Waals surface area contributed by atoms with E-state index in [-0.39, 0.29) is 24.2 Å². The molecular formula is C18H26FN3O4. The lowest BCUT2D eigenvalue weighted by Gasteiger charge is -2.24. The Morgan fingerprint density at radius 1 is 1.42 bits per heavy atom. The predicted molar refractivity (Wildman–Crippen MR) is 94.1 cm³/mol. The highest BCUT2D eigenvalue weighted by molar-refractivity contribution is 5.94. The molecule has 1 fully saturated rings. The summed E-state index contributed by atoms with van der Waals surface area (Å²) in [6, 6.07) is 1.41. The largest absolute Gasteiger partial charge is 0.444 e. The van der Waals surface area contributed by atoms with E-state index in [9.17, 15) is 14.0 Å². The maximum Gasteiger partial charge on any atom is 0.410 e. The molecule has 2 rings (SSSR count). The summed E-state index contributed by atoms with van der Waals surface area (Å²) >= 11 is 0. The van der Waals surface area contributed by atoms with E-state index in [1.165, 1.54) is 11.0 Å². The van der Waals surface area contributed by atoms with Gasteiger partial charge in [-0.2, -0.15) is 0 Å². The van der Waals surface area contributed by atoms with Crippen molar-refractivity contribution in [3.05, 3.63) is 23.8 Å². The maximum atomic E-state index is 14.0. The van der Waals surface area contributed by atoms with E-state index >= 15 is 0 Å². The Kier molecular flexibility index (Phi) is 6.17. The topological polar surface area (TPSA) is 80.8 Å². The number of carbonyl (C=O) groups is 2. The summed E-state index contributed by atoms with van der Waals surface area (Å²) in [6.07, 6.45) is 1.35. The molecule has 1 saturated heterocycles. The molecular weight excluding hydrogens is 341 g/mol. The molecule has 0 radical (unpaired) electrons. The van der Waals surface area contributed by atoms with Crippen LogP contribution >= 0.6 is 0 Å². The van der Waals surface area contributed by atoms with E-state index in [1.54, 1.807) is 27.8 Å².